The number of hydrogen-bond acceptors (Lipinski definition) is 1. The molecule has 0 bridgehead atoms. The first-order chi connectivity index (χ1) is 7.74. The zero-order valence-electron chi connectivity index (χ0n) is 8.49. The molecule has 0 aliphatic rings. The van der Waals surface area contributed by atoms with Gasteiger partial charge in [0.05, 0.1) is 0 Å². The SMILES string of the molecule is Brc1ccc(SCc2cccc(Br)c2)cc1. The van der Waals surface area contributed by atoms with E-state index in [1.165, 1.54) is 10.5 Å². The second-order valence-corrected chi connectivity index (χ2v) is 6.25. The zero-order chi connectivity index (χ0) is 11.4. The van der Waals surface area contributed by atoms with Crippen molar-refractivity contribution in [2.75, 3.05) is 0 Å². The number of halogens is 2. The predicted molar refractivity (Wildman–Crippen MR) is 77.8 cm³/mol. The molecular weight excluding hydrogens is 348 g/mol. The molecule has 0 atom stereocenters. The fourth-order valence-corrected chi connectivity index (χ4v) is 2.88. The highest BCUT2D eigenvalue weighted by atomic mass is 79.9. The Morgan fingerprint density at radius 2 is 1.62 bits per heavy atom. The van der Waals surface area contributed by atoms with E-state index in [1.54, 1.807) is 0 Å². The third kappa shape index (κ3) is 3.65. The van der Waals surface area contributed by atoms with Gasteiger partial charge in [-0.3, -0.25) is 0 Å². The second-order valence-electron chi connectivity index (χ2n) is 3.37. The molecule has 82 valence electrons. The summed E-state index contributed by atoms with van der Waals surface area (Å²) in [5, 5.41) is 0. The van der Waals surface area contributed by atoms with Gasteiger partial charge in [0.15, 0.2) is 0 Å². The summed E-state index contributed by atoms with van der Waals surface area (Å²) < 4.78 is 2.26. The van der Waals surface area contributed by atoms with Crippen molar-refractivity contribution in [3.05, 3.63) is 63.0 Å². The average molecular weight is 358 g/mol. The topological polar surface area (TPSA) is 0 Å². The molecule has 0 N–H and O–H groups in total. The van der Waals surface area contributed by atoms with Gasteiger partial charge >= 0.3 is 0 Å². The first-order valence-corrected chi connectivity index (χ1v) is 7.44. The van der Waals surface area contributed by atoms with Crippen LogP contribution in [0.5, 0.6) is 0 Å². The van der Waals surface area contributed by atoms with Crippen molar-refractivity contribution >= 4 is 43.6 Å². The molecule has 0 aromatic heterocycles. The first-order valence-electron chi connectivity index (χ1n) is 4.87. The van der Waals surface area contributed by atoms with E-state index in [-0.39, 0.29) is 0 Å². The van der Waals surface area contributed by atoms with Crippen molar-refractivity contribution in [1.29, 1.82) is 0 Å². The van der Waals surface area contributed by atoms with Crippen LogP contribution in [0.4, 0.5) is 0 Å². The van der Waals surface area contributed by atoms with Gasteiger partial charge in [-0.2, -0.15) is 0 Å². The minimum atomic E-state index is 1.00. The quantitative estimate of drug-likeness (QED) is 0.653. The molecule has 0 nitrogen and oxygen atoms in total. The minimum absolute atomic E-state index is 1.00. The summed E-state index contributed by atoms with van der Waals surface area (Å²) >= 11 is 8.77. The highest BCUT2D eigenvalue weighted by Gasteiger charge is 1.97. The molecule has 0 fully saturated rings. The largest absolute Gasteiger partial charge is 0.121 e. The van der Waals surface area contributed by atoms with Crippen LogP contribution in [0.15, 0.2) is 62.4 Å². The normalized spacial score (nSPS) is 10.4. The van der Waals surface area contributed by atoms with E-state index < -0.39 is 0 Å². The molecule has 2 aromatic carbocycles. The van der Waals surface area contributed by atoms with Crippen LogP contribution < -0.4 is 0 Å². The Kier molecular flexibility index (Phi) is 4.50. The van der Waals surface area contributed by atoms with Crippen molar-refractivity contribution in [3.8, 4) is 0 Å². The Labute approximate surface area is 117 Å². The first kappa shape index (κ1) is 12.2. The highest BCUT2D eigenvalue weighted by molar-refractivity contribution is 9.10. The fourth-order valence-electron chi connectivity index (χ4n) is 1.32. The standard InChI is InChI=1S/C13H10Br2S/c14-11-4-6-13(7-5-11)16-9-10-2-1-3-12(15)8-10/h1-8H,9H2. The van der Waals surface area contributed by atoms with Crippen molar-refractivity contribution in [2.24, 2.45) is 0 Å². The maximum Gasteiger partial charge on any atom is 0.0232 e. The van der Waals surface area contributed by atoms with Crippen LogP contribution in [0, 0.1) is 0 Å². The number of thioether (sulfide) groups is 1. The van der Waals surface area contributed by atoms with E-state index in [2.05, 4.69) is 74.3 Å². The smallest absolute Gasteiger partial charge is 0.0232 e. The third-order valence-corrected chi connectivity index (χ3v) is 4.21. The zero-order valence-corrected chi connectivity index (χ0v) is 12.5. The molecule has 2 rings (SSSR count). The molecule has 0 heterocycles. The van der Waals surface area contributed by atoms with Crippen LogP contribution in [-0.2, 0) is 5.75 Å². The van der Waals surface area contributed by atoms with Crippen LogP contribution in [0.1, 0.15) is 5.56 Å². The van der Waals surface area contributed by atoms with Crippen LogP contribution >= 0.6 is 43.6 Å². The molecule has 0 unspecified atom stereocenters. The molecule has 3 heteroatoms. The van der Waals surface area contributed by atoms with E-state index >= 15 is 0 Å². The van der Waals surface area contributed by atoms with Crippen molar-refractivity contribution in [1.82, 2.24) is 0 Å². The highest BCUT2D eigenvalue weighted by Crippen LogP contribution is 2.25. The molecule has 0 radical (unpaired) electrons. The number of hydrogen-bond donors (Lipinski definition) is 0. The summed E-state index contributed by atoms with van der Waals surface area (Å²) in [5.74, 6) is 1.00. The Balaban J connectivity index is 1.99. The Morgan fingerprint density at radius 3 is 2.31 bits per heavy atom. The Hall–Kier alpha value is -0.250. The van der Waals surface area contributed by atoms with Crippen molar-refractivity contribution < 1.29 is 0 Å². The van der Waals surface area contributed by atoms with Gasteiger partial charge in [0.2, 0.25) is 0 Å². The number of benzene rings is 2. The molecular formula is C13H10Br2S. The maximum atomic E-state index is 3.48. The van der Waals surface area contributed by atoms with E-state index in [1.807, 2.05) is 17.8 Å². The lowest BCUT2D eigenvalue weighted by Gasteiger charge is -2.02. The van der Waals surface area contributed by atoms with Gasteiger partial charge in [-0.05, 0) is 42.0 Å². The molecule has 0 saturated carbocycles. The lowest BCUT2D eigenvalue weighted by molar-refractivity contribution is 1.37. The van der Waals surface area contributed by atoms with Crippen LogP contribution in [0.3, 0.4) is 0 Å². The van der Waals surface area contributed by atoms with Gasteiger partial charge in [-0.15, -0.1) is 11.8 Å². The lowest BCUT2D eigenvalue weighted by atomic mass is 10.2. The van der Waals surface area contributed by atoms with Crippen LogP contribution in [0.25, 0.3) is 0 Å². The number of rotatable bonds is 3. The molecule has 0 spiro atoms. The average Bonchev–Trinajstić information content (AvgIpc) is 2.28. The van der Waals surface area contributed by atoms with Gasteiger partial charge in [0.1, 0.15) is 0 Å². The van der Waals surface area contributed by atoms with Gasteiger partial charge in [0.25, 0.3) is 0 Å². The van der Waals surface area contributed by atoms with Gasteiger partial charge in [-0.25, -0.2) is 0 Å². The fraction of sp³-hybridized carbons (Fsp3) is 0.0769. The summed E-state index contributed by atoms with van der Waals surface area (Å²) in [4.78, 5) is 1.29. The summed E-state index contributed by atoms with van der Waals surface area (Å²) in [6.07, 6.45) is 0. The summed E-state index contributed by atoms with van der Waals surface area (Å²) in [7, 11) is 0. The molecule has 16 heavy (non-hydrogen) atoms. The molecule has 0 saturated heterocycles. The maximum absolute atomic E-state index is 3.48. The third-order valence-electron chi connectivity index (χ3n) is 2.11. The summed E-state index contributed by atoms with van der Waals surface area (Å²) in [6, 6.07) is 16.8. The molecule has 0 aliphatic carbocycles. The second kappa shape index (κ2) is 5.89. The Morgan fingerprint density at radius 1 is 0.875 bits per heavy atom. The lowest BCUT2D eigenvalue weighted by Crippen LogP contribution is -1.80. The molecule has 2 aromatic rings. The van der Waals surface area contributed by atoms with Crippen LogP contribution in [-0.4, -0.2) is 0 Å². The van der Waals surface area contributed by atoms with Crippen molar-refractivity contribution in [2.45, 2.75) is 10.6 Å². The van der Waals surface area contributed by atoms with E-state index in [4.69, 9.17) is 0 Å². The van der Waals surface area contributed by atoms with Gasteiger partial charge in [0, 0.05) is 19.6 Å². The molecule has 0 amide bonds. The Bertz CT molecular complexity index is 466. The predicted octanol–water partition coefficient (Wildman–Crippen LogP) is 5.50. The monoisotopic (exact) mass is 356 g/mol. The van der Waals surface area contributed by atoms with E-state index in [0.29, 0.717) is 0 Å². The molecule has 0 aliphatic heterocycles. The minimum Gasteiger partial charge on any atom is -0.121 e. The van der Waals surface area contributed by atoms with Crippen molar-refractivity contribution in [3.63, 3.8) is 0 Å². The summed E-state index contributed by atoms with van der Waals surface area (Å²) in [6.45, 7) is 0. The van der Waals surface area contributed by atoms with E-state index in [9.17, 15) is 0 Å². The van der Waals surface area contributed by atoms with Crippen LogP contribution in [0.2, 0.25) is 0 Å². The van der Waals surface area contributed by atoms with Gasteiger partial charge in [-0.1, -0.05) is 44.0 Å². The summed E-state index contributed by atoms with van der Waals surface area (Å²) in [5.41, 5.74) is 1.34. The van der Waals surface area contributed by atoms with E-state index in [0.717, 1.165) is 14.7 Å². The van der Waals surface area contributed by atoms with Gasteiger partial charge < -0.3 is 0 Å².